The number of benzene rings is 1. The van der Waals surface area contributed by atoms with Crippen molar-refractivity contribution in [1.29, 1.82) is 0 Å². The lowest BCUT2D eigenvalue weighted by Crippen LogP contribution is -2.39. The number of aliphatic imine (C=N–C) groups is 1. The van der Waals surface area contributed by atoms with Crippen molar-refractivity contribution >= 4 is 28.9 Å². The van der Waals surface area contributed by atoms with E-state index in [1.165, 1.54) is 42.1 Å². The maximum Gasteiger partial charge on any atom is 0.181 e. The first-order valence-electron chi connectivity index (χ1n) is 8.30. The molecule has 1 aliphatic heterocycles. The first-order valence-corrected chi connectivity index (χ1v) is 10.1. The standard InChI is InChI=1S/C19H17F2N3OS2/c1-19(2)18(22)24-14(8-26-19)17-13(21)6-16(27-17)11-3-10(4-12(20)5-11)15-7-23-9-25-15/h3-7,9,14H,8H2,1-2H3,(H2,22,24). The zero-order valence-corrected chi connectivity index (χ0v) is 16.3. The number of nitrogens with zero attached hydrogens (tertiary/aromatic N) is 2. The van der Waals surface area contributed by atoms with Crippen LogP contribution < -0.4 is 5.73 Å². The highest BCUT2D eigenvalue weighted by atomic mass is 32.2. The number of thiophene rings is 1. The molecule has 0 saturated heterocycles. The Morgan fingerprint density at radius 2 is 1.96 bits per heavy atom. The highest BCUT2D eigenvalue weighted by Gasteiger charge is 2.32. The van der Waals surface area contributed by atoms with Crippen LogP contribution in [0.25, 0.3) is 21.8 Å². The van der Waals surface area contributed by atoms with E-state index in [0.717, 1.165) is 0 Å². The number of hydrogen-bond acceptors (Lipinski definition) is 6. The zero-order chi connectivity index (χ0) is 19.2. The van der Waals surface area contributed by atoms with E-state index in [1.807, 2.05) is 13.8 Å². The molecular formula is C19H17F2N3OS2. The molecule has 0 radical (unpaired) electrons. The number of halogens is 2. The molecule has 0 spiro atoms. The van der Waals surface area contributed by atoms with E-state index < -0.39 is 5.82 Å². The zero-order valence-electron chi connectivity index (χ0n) is 14.7. The van der Waals surface area contributed by atoms with Crippen molar-refractivity contribution in [3.8, 4) is 21.8 Å². The van der Waals surface area contributed by atoms with Gasteiger partial charge in [0.1, 0.15) is 17.5 Å². The van der Waals surface area contributed by atoms with Crippen molar-refractivity contribution in [2.75, 3.05) is 5.75 Å². The minimum absolute atomic E-state index is 0.248. The lowest BCUT2D eigenvalue weighted by Gasteiger charge is -2.30. The maximum atomic E-state index is 14.6. The highest BCUT2D eigenvalue weighted by molar-refractivity contribution is 8.01. The van der Waals surface area contributed by atoms with Gasteiger partial charge in [0.05, 0.1) is 21.9 Å². The van der Waals surface area contributed by atoms with Crippen molar-refractivity contribution < 1.29 is 13.2 Å². The average molecular weight is 405 g/mol. The van der Waals surface area contributed by atoms with E-state index in [4.69, 9.17) is 10.2 Å². The molecule has 0 fully saturated rings. The molecule has 1 unspecified atom stereocenters. The first-order chi connectivity index (χ1) is 12.8. The summed E-state index contributed by atoms with van der Waals surface area (Å²) in [4.78, 5) is 9.50. The molecule has 27 heavy (non-hydrogen) atoms. The van der Waals surface area contributed by atoms with Crippen molar-refractivity contribution in [3.63, 3.8) is 0 Å². The van der Waals surface area contributed by atoms with E-state index in [0.29, 0.717) is 38.2 Å². The quantitative estimate of drug-likeness (QED) is 0.645. The summed E-state index contributed by atoms with van der Waals surface area (Å²) >= 11 is 2.93. The molecule has 140 valence electrons. The van der Waals surface area contributed by atoms with Gasteiger partial charge < -0.3 is 10.2 Å². The Kier molecular flexibility index (Phi) is 4.55. The molecule has 8 heteroatoms. The molecule has 4 rings (SSSR count). The van der Waals surface area contributed by atoms with Gasteiger partial charge >= 0.3 is 0 Å². The second kappa shape index (κ2) is 6.76. The van der Waals surface area contributed by atoms with Crippen LogP contribution in [-0.4, -0.2) is 21.3 Å². The van der Waals surface area contributed by atoms with Gasteiger partial charge in [-0.1, -0.05) is 0 Å². The van der Waals surface area contributed by atoms with Gasteiger partial charge in [-0.05, 0) is 43.7 Å². The molecule has 0 aliphatic carbocycles. The van der Waals surface area contributed by atoms with Gasteiger partial charge in [-0.3, -0.25) is 4.99 Å². The number of oxazole rings is 1. The van der Waals surface area contributed by atoms with E-state index in [1.54, 1.807) is 17.8 Å². The number of aromatic nitrogens is 1. The van der Waals surface area contributed by atoms with Gasteiger partial charge in [0.15, 0.2) is 12.2 Å². The molecule has 3 aromatic rings. The molecule has 0 bridgehead atoms. The summed E-state index contributed by atoms with van der Waals surface area (Å²) in [5, 5.41) is 0. The fourth-order valence-electron chi connectivity index (χ4n) is 2.84. The molecule has 1 aliphatic rings. The summed E-state index contributed by atoms with van der Waals surface area (Å²) in [5.41, 5.74) is 7.18. The van der Waals surface area contributed by atoms with Crippen LogP contribution in [0.4, 0.5) is 8.78 Å². The normalized spacial score (nSPS) is 19.1. The van der Waals surface area contributed by atoms with Gasteiger partial charge in [0.2, 0.25) is 0 Å². The minimum atomic E-state index is -0.425. The van der Waals surface area contributed by atoms with E-state index >= 15 is 0 Å². The van der Waals surface area contributed by atoms with Crippen LogP contribution in [0.15, 0.2) is 46.3 Å². The third-order valence-electron chi connectivity index (χ3n) is 4.43. The third kappa shape index (κ3) is 3.51. The fourth-order valence-corrected chi connectivity index (χ4v) is 5.03. The van der Waals surface area contributed by atoms with Gasteiger partial charge in [-0.15, -0.1) is 23.1 Å². The number of thioether (sulfide) groups is 1. The monoisotopic (exact) mass is 405 g/mol. The Morgan fingerprint density at radius 1 is 1.19 bits per heavy atom. The van der Waals surface area contributed by atoms with Crippen molar-refractivity contribution in [3.05, 3.63) is 53.4 Å². The molecular weight excluding hydrogens is 388 g/mol. The number of amidine groups is 1. The molecule has 2 N–H and O–H groups in total. The van der Waals surface area contributed by atoms with Crippen molar-refractivity contribution in [2.24, 2.45) is 10.7 Å². The van der Waals surface area contributed by atoms with Crippen LogP contribution in [0.2, 0.25) is 0 Å². The van der Waals surface area contributed by atoms with E-state index in [2.05, 4.69) is 9.98 Å². The summed E-state index contributed by atoms with van der Waals surface area (Å²) in [7, 11) is 0. The van der Waals surface area contributed by atoms with Gasteiger partial charge in [0.25, 0.3) is 0 Å². The third-order valence-corrected chi connectivity index (χ3v) is 7.10. The van der Waals surface area contributed by atoms with Crippen LogP contribution in [0.3, 0.4) is 0 Å². The SMILES string of the molecule is CC1(C)SCC(c2sc(-c3cc(F)cc(-c4cnco4)c3)cc2F)N=C1N. The summed E-state index contributed by atoms with van der Waals surface area (Å²) < 4.78 is 33.7. The van der Waals surface area contributed by atoms with E-state index in [-0.39, 0.29) is 16.6 Å². The van der Waals surface area contributed by atoms with Crippen molar-refractivity contribution in [1.82, 2.24) is 4.98 Å². The Bertz CT molecular complexity index is 1010. The molecule has 1 aromatic carbocycles. The Labute approximate surface area is 163 Å². The largest absolute Gasteiger partial charge is 0.444 e. The second-order valence-corrected chi connectivity index (χ2v) is 9.49. The van der Waals surface area contributed by atoms with Crippen LogP contribution in [-0.2, 0) is 0 Å². The maximum absolute atomic E-state index is 14.6. The Morgan fingerprint density at radius 3 is 2.67 bits per heavy atom. The molecule has 3 heterocycles. The molecule has 1 atom stereocenters. The first kappa shape index (κ1) is 18.2. The van der Waals surface area contributed by atoms with Crippen LogP contribution in [0.5, 0.6) is 0 Å². The molecule has 0 saturated carbocycles. The molecule has 4 nitrogen and oxygen atoms in total. The lowest BCUT2D eigenvalue weighted by molar-refractivity contribution is 0.570. The van der Waals surface area contributed by atoms with Crippen LogP contribution in [0, 0.1) is 11.6 Å². The van der Waals surface area contributed by atoms with Crippen molar-refractivity contribution in [2.45, 2.75) is 24.6 Å². The Balaban J connectivity index is 1.71. The Hall–Kier alpha value is -2.19. The second-order valence-electron chi connectivity index (χ2n) is 6.77. The fraction of sp³-hybridized carbons (Fsp3) is 0.263. The van der Waals surface area contributed by atoms with Gasteiger partial charge in [0, 0.05) is 16.2 Å². The summed E-state index contributed by atoms with van der Waals surface area (Å²) in [5.74, 6) is 0.846. The lowest BCUT2D eigenvalue weighted by atomic mass is 10.1. The number of rotatable bonds is 3. The highest BCUT2D eigenvalue weighted by Crippen LogP contribution is 2.42. The van der Waals surface area contributed by atoms with Crippen LogP contribution >= 0.6 is 23.1 Å². The average Bonchev–Trinajstić information content (AvgIpc) is 3.27. The smallest absolute Gasteiger partial charge is 0.181 e. The van der Waals surface area contributed by atoms with Gasteiger partial charge in [-0.2, -0.15) is 0 Å². The number of hydrogen-bond donors (Lipinski definition) is 1. The predicted molar refractivity (Wildman–Crippen MR) is 106 cm³/mol. The van der Waals surface area contributed by atoms with E-state index in [9.17, 15) is 8.78 Å². The van der Waals surface area contributed by atoms with Crippen LogP contribution in [0.1, 0.15) is 24.8 Å². The predicted octanol–water partition coefficient (Wildman–Crippen LogP) is 5.27. The topological polar surface area (TPSA) is 64.4 Å². The minimum Gasteiger partial charge on any atom is -0.444 e. The summed E-state index contributed by atoms with van der Waals surface area (Å²) in [6.07, 6.45) is 2.80. The molecule has 2 aromatic heterocycles. The summed E-state index contributed by atoms with van der Waals surface area (Å²) in [6.45, 7) is 4.00. The summed E-state index contributed by atoms with van der Waals surface area (Å²) in [6, 6.07) is 5.60. The number of nitrogens with two attached hydrogens (primary N) is 1. The molecule has 0 amide bonds. The van der Waals surface area contributed by atoms with Gasteiger partial charge in [-0.25, -0.2) is 13.8 Å².